The summed E-state index contributed by atoms with van der Waals surface area (Å²) in [6.07, 6.45) is 7.93. The molecule has 1 aromatic heterocycles. The Bertz CT molecular complexity index is 722. The lowest BCUT2D eigenvalue weighted by Gasteiger charge is -2.09. The lowest BCUT2D eigenvalue weighted by atomic mass is 10.2. The van der Waals surface area contributed by atoms with Gasteiger partial charge in [0.05, 0.1) is 19.9 Å². The van der Waals surface area contributed by atoms with Crippen LogP contribution in [0.2, 0.25) is 0 Å². The topological polar surface area (TPSA) is 65.4 Å². The van der Waals surface area contributed by atoms with Crippen molar-refractivity contribution in [3.63, 3.8) is 0 Å². The first-order valence-corrected chi connectivity index (χ1v) is 8.38. The molecule has 0 saturated carbocycles. The van der Waals surface area contributed by atoms with E-state index in [9.17, 15) is 4.79 Å². The quantitative estimate of drug-likeness (QED) is 0.562. The van der Waals surface area contributed by atoms with Gasteiger partial charge in [0.2, 0.25) is 5.91 Å². The molecule has 1 heterocycles. The zero-order valence-corrected chi connectivity index (χ0v) is 15.0. The van der Waals surface area contributed by atoms with Gasteiger partial charge in [0.25, 0.3) is 0 Å². The van der Waals surface area contributed by atoms with E-state index < -0.39 is 0 Å². The normalized spacial score (nSPS) is 10.8. The highest BCUT2D eigenvalue weighted by atomic mass is 16.5. The number of nitrogens with one attached hydrogen (secondary N) is 1. The largest absolute Gasteiger partial charge is 0.493 e. The smallest absolute Gasteiger partial charge is 0.244 e. The average molecular weight is 343 g/mol. The summed E-state index contributed by atoms with van der Waals surface area (Å²) < 4.78 is 12.7. The van der Waals surface area contributed by atoms with Crippen molar-refractivity contribution in [3.8, 4) is 11.5 Å². The highest BCUT2D eigenvalue weighted by Crippen LogP contribution is 2.28. The minimum absolute atomic E-state index is 0.120. The number of hydrogen-bond donors (Lipinski definition) is 1. The number of benzene rings is 1. The molecule has 0 atom stereocenters. The van der Waals surface area contributed by atoms with E-state index in [1.807, 2.05) is 49.1 Å². The van der Waals surface area contributed by atoms with E-state index in [0.29, 0.717) is 24.7 Å². The van der Waals surface area contributed by atoms with Gasteiger partial charge in [-0.2, -0.15) is 5.10 Å². The van der Waals surface area contributed by atoms with Crippen molar-refractivity contribution in [2.24, 2.45) is 0 Å². The maximum atomic E-state index is 11.9. The van der Waals surface area contributed by atoms with Crippen molar-refractivity contribution in [1.29, 1.82) is 0 Å². The molecule has 0 bridgehead atoms. The highest BCUT2D eigenvalue weighted by molar-refractivity contribution is 5.91. The number of carbonyl (C=O) groups is 1. The van der Waals surface area contributed by atoms with Crippen LogP contribution in [0.5, 0.6) is 11.5 Å². The highest BCUT2D eigenvalue weighted by Gasteiger charge is 2.04. The molecular formula is C19H25N3O3. The third-order valence-corrected chi connectivity index (χ3v) is 3.54. The van der Waals surface area contributed by atoms with Gasteiger partial charge in [-0.05, 0) is 49.6 Å². The average Bonchev–Trinajstić information content (AvgIpc) is 3.02. The van der Waals surface area contributed by atoms with E-state index in [-0.39, 0.29) is 5.91 Å². The fourth-order valence-electron chi connectivity index (χ4n) is 2.34. The minimum Gasteiger partial charge on any atom is -0.493 e. The summed E-state index contributed by atoms with van der Waals surface area (Å²) in [6, 6.07) is 5.56. The molecule has 0 aliphatic carbocycles. The van der Waals surface area contributed by atoms with Crippen molar-refractivity contribution >= 4 is 12.0 Å². The van der Waals surface area contributed by atoms with Crippen molar-refractivity contribution in [2.45, 2.75) is 26.8 Å². The van der Waals surface area contributed by atoms with Crippen LogP contribution < -0.4 is 14.8 Å². The molecule has 6 nitrogen and oxygen atoms in total. The van der Waals surface area contributed by atoms with Crippen LogP contribution in [0, 0.1) is 6.92 Å². The Morgan fingerprint density at radius 2 is 2.20 bits per heavy atom. The summed E-state index contributed by atoms with van der Waals surface area (Å²) in [6.45, 7) is 5.87. The van der Waals surface area contributed by atoms with Crippen LogP contribution in [0.4, 0.5) is 0 Å². The van der Waals surface area contributed by atoms with Crippen molar-refractivity contribution in [3.05, 3.63) is 47.8 Å². The Labute approximate surface area is 148 Å². The first-order chi connectivity index (χ1) is 12.1. The second-order valence-corrected chi connectivity index (χ2v) is 5.60. The lowest BCUT2D eigenvalue weighted by molar-refractivity contribution is -0.116. The van der Waals surface area contributed by atoms with E-state index in [2.05, 4.69) is 10.4 Å². The number of methoxy groups -OCH3 is 1. The Balaban J connectivity index is 1.80. The Morgan fingerprint density at radius 3 is 2.88 bits per heavy atom. The second kappa shape index (κ2) is 9.52. The van der Waals surface area contributed by atoms with Gasteiger partial charge in [0, 0.05) is 25.4 Å². The SMILES string of the molecule is CCOc1cc(/C=C/C(=O)NCCCn2cc(C)cn2)ccc1OC. The molecule has 0 aliphatic heterocycles. The molecule has 134 valence electrons. The predicted molar refractivity (Wildman–Crippen MR) is 97.8 cm³/mol. The van der Waals surface area contributed by atoms with Gasteiger partial charge < -0.3 is 14.8 Å². The number of hydrogen-bond acceptors (Lipinski definition) is 4. The molecule has 0 saturated heterocycles. The number of ether oxygens (including phenoxy) is 2. The molecule has 0 unspecified atom stereocenters. The molecule has 1 amide bonds. The third kappa shape index (κ3) is 5.99. The van der Waals surface area contributed by atoms with Gasteiger partial charge in [-0.25, -0.2) is 0 Å². The summed E-state index contributed by atoms with van der Waals surface area (Å²) in [5.74, 6) is 1.23. The molecule has 1 aromatic carbocycles. The van der Waals surface area contributed by atoms with E-state index in [0.717, 1.165) is 24.1 Å². The van der Waals surface area contributed by atoms with Gasteiger partial charge in [-0.3, -0.25) is 9.48 Å². The second-order valence-electron chi connectivity index (χ2n) is 5.60. The standard InChI is InChI=1S/C19H25N3O3/c1-4-25-18-12-16(6-8-17(18)24-3)7-9-19(23)20-10-5-11-22-14-15(2)13-21-22/h6-9,12-14H,4-5,10-11H2,1-3H3,(H,20,23)/b9-7+. The number of aromatic nitrogens is 2. The van der Waals surface area contributed by atoms with Crippen LogP contribution in [0.1, 0.15) is 24.5 Å². The summed E-state index contributed by atoms with van der Waals surface area (Å²) in [5, 5.41) is 7.08. The molecular weight excluding hydrogens is 318 g/mol. The van der Waals surface area contributed by atoms with Crippen LogP contribution >= 0.6 is 0 Å². The molecule has 25 heavy (non-hydrogen) atoms. The van der Waals surface area contributed by atoms with E-state index in [4.69, 9.17) is 9.47 Å². The van der Waals surface area contributed by atoms with Crippen LogP contribution in [0.25, 0.3) is 6.08 Å². The van der Waals surface area contributed by atoms with Crippen LogP contribution in [0.3, 0.4) is 0 Å². The molecule has 2 rings (SSSR count). The first-order valence-electron chi connectivity index (χ1n) is 8.38. The lowest BCUT2D eigenvalue weighted by Crippen LogP contribution is -2.23. The van der Waals surface area contributed by atoms with Crippen LogP contribution in [-0.2, 0) is 11.3 Å². The van der Waals surface area contributed by atoms with E-state index >= 15 is 0 Å². The van der Waals surface area contributed by atoms with Gasteiger partial charge in [0.15, 0.2) is 11.5 Å². The fraction of sp³-hybridized carbons (Fsp3) is 0.368. The number of aryl methyl sites for hydroxylation is 2. The van der Waals surface area contributed by atoms with Crippen LogP contribution in [0.15, 0.2) is 36.7 Å². The fourth-order valence-corrected chi connectivity index (χ4v) is 2.34. The third-order valence-electron chi connectivity index (χ3n) is 3.54. The molecule has 0 radical (unpaired) electrons. The molecule has 0 fully saturated rings. The molecule has 0 aliphatic rings. The Morgan fingerprint density at radius 1 is 1.36 bits per heavy atom. The van der Waals surface area contributed by atoms with Gasteiger partial charge in [-0.15, -0.1) is 0 Å². The summed E-state index contributed by atoms with van der Waals surface area (Å²) >= 11 is 0. The molecule has 6 heteroatoms. The van der Waals surface area contributed by atoms with Gasteiger partial charge >= 0.3 is 0 Å². The van der Waals surface area contributed by atoms with Crippen LogP contribution in [-0.4, -0.2) is 35.9 Å². The van der Waals surface area contributed by atoms with Gasteiger partial charge in [0.1, 0.15) is 0 Å². The zero-order valence-electron chi connectivity index (χ0n) is 15.0. The number of carbonyl (C=O) groups excluding carboxylic acids is 1. The predicted octanol–water partition coefficient (Wildman–Crippen LogP) is 2.82. The molecule has 2 aromatic rings. The zero-order chi connectivity index (χ0) is 18.1. The first kappa shape index (κ1) is 18.6. The summed E-state index contributed by atoms with van der Waals surface area (Å²) in [7, 11) is 1.60. The van der Waals surface area contributed by atoms with E-state index in [1.165, 1.54) is 6.08 Å². The Hall–Kier alpha value is -2.76. The summed E-state index contributed by atoms with van der Waals surface area (Å²) in [4.78, 5) is 11.9. The Kier molecular flexibility index (Phi) is 7.07. The van der Waals surface area contributed by atoms with E-state index in [1.54, 1.807) is 13.2 Å². The maximum Gasteiger partial charge on any atom is 0.244 e. The number of nitrogens with zero attached hydrogens (tertiary/aromatic N) is 2. The van der Waals surface area contributed by atoms with Crippen molar-refractivity contribution < 1.29 is 14.3 Å². The number of amides is 1. The molecule has 0 spiro atoms. The number of rotatable bonds is 9. The summed E-state index contributed by atoms with van der Waals surface area (Å²) in [5.41, 5.74) is 2.02. The monoisotopic (exact) mass is 343 g/mol. The minimum atomic E-state index is -0.120. The van der Waals surface area contributed by atoms with Gasteiger partial charge in [-0.1, -0.05) is 6.07 Å². The van der Waals surface area contributed by atoms with Crippen molar-refractivity contribution in [1.82, 2.24) is 15.1 Å². The maximum absolute atomic E-state index is 11.9. The molecule has 1 N–H and O–H groups in total. The van der Waals surface area contributed by atoms with Crippen molar-refractivity contribution in [2.75, 3.05) is 20.3 Å².